The van der Waals surface area contributed by atoms with Crippen molar-refractivity contribution in [1.82, 2.24) is 4.90 Å². The largest absolute Gasteiger partial charge is 0.494 e. The fourth-order valence-corrected chi connectivity index (χ4v) is 2.73. The van der Waals surface area contributed by atoms with E-state index in [4.69, 9.17) is 4.74 Å². The number of carbonyl (C=O) groups excluding carboxylic acids is 1. The van der Waals surface area contributed by atoms with Crippen molar-refractivity contribution in [3.8, 4) is 5.75 Å². The van der Waals surface area contributed by atoms with E-state index in [9.17, 15) is 14.7 Å². The molecule has 108 valence electrons. The lowest BCUT2D eigenvalue weighted by Gasteiger charge is -2.37. The van der Waals surface area contributed by atoms with Gasteiger partial charge in [0.2, 0.25) is 5.91 Å². The number of nitrogens with zero attached hydrogens (tertiary/aromatic N) is 1. The van der Waals surface area contributed by atoms with Gasteiger partial charge in [-0.3, -0.25) is 9.59 Å². The third kappa shape index (κ3) is 2.61. The van der Waals surface area contributed by atoms with Crippen LogP contribution in [-0.4, -0.2) is 35.5 Å². The average molecular weight is 277 g/mol. The van der Waals surface area contributed by atoms with E-state index < -0.39 is 17.9 Å². The first kappa shape index (κ1) is 14.4. The van der Waals surface area contributed by atoms with E-state index >= 15 is 0 Å². The van der Waals surface area contributed by atoms with Gasteiger partial charge < -0.3 is 14.7 Å². The maximum absolute atomic E-state index is 11.9. The molecule has 20 heavy (non-hydrogen) atoms. The second kappa shape index (κ2) is 5.94. The molecule has 2 rings (SSSR count). The van der Waals surface area contributed by atoms with Crippen molar-refractivity contribution in [2.24, 2.45) is 5.92 Å². The van der Waals surface area contributed by atoms with Crippen LogP contribution < -0.4 is 4.74 Å². The van der Waals surface area contributed by atoms with Gasteiger partial charge >= 0.3 is 5.97 Å². The number of carboxylic acid groups (broad SMARTS) is 1. The Morgan fingerprint density at radius 1 is 1.45 bits per heavy atom. The maximum atomic E-state index is 11.9. The van der Waals surface area contributed by atoms with Gasteiger partial charge in [-0.2, -0.15) is 0 Å². The lowest BCUT2D eigenvalue weighted by Crippen LogP contribution is -2.43. The first-order valence-electron chi connectivity index (χ1n) is 6.76. The molecule has 0 aliphatic carbocycles. The number of piperidine rings is 1. The number of ether oxygens (including phenoxy) is 1. The molecule has 1 amide bonds. The Balaban J connectivity index is 2.44. The summed E-state index contributed by atoms with van der Waals surface area (Å²) in [5.74, 6) is -0.855. The standard InChI is InChI=1S/C15H19NO4/c1-3-20-12-7-5-4-6-10(12)14-11(15(18)19)8-9-13(17)16(14)2/h4-7,11,14H,3,8-9H2,1-2H3,(H,18,19). The van der Waals surface area contributed by atoms with E-state index in [1.54, 1.807) is 7.05 Å². The number of amides is 1. The molecule has 0 saturated carbocycles. The fraction of sp³-hybridized carbons (Fsp3) is 0.467. The number of carboxylic acids is 1. The predicted molar refractivity (Wildman–Crippen MR) is 73.5 cm³/mol. The van der Waals surface area contributed by atoms with Crippen LogP contribution in [0.5, 0.6) is 5.75 Å². The van der Waals surface area contributed by atoms with E-state index in [1.165, 1.54) is 4.90 Å². The lowest BCUT2D eigenvalue weighted by atomic mass is 9.84. The van der Waals surface area contributed by atoms with Crippen LogP contribution in [0.2, 0.25) is 0 Å². The smallest absolute Gasteiger partial charge is 0.308 e. The zero-order chi connectivity index (χ0) is 14.7. The van der Waals surface area contributed by atoms with Gasteiger partial charge in [-0.1, -0.05) is 18.2 Å². The Bertz CT molecular complexity index is 514. The number of para-hydroxylation sites is 1. The third-order valence-corrected chi connectivity index (χ3v) is 3.72. The van der Waals surface area contributed by atoms with Gasteiger partial charge in [0.05, 0.1) is 18.6 Å². The summed E-state index contributed by atoms with van der Waals surface area (Å²) in [4.78, 5) is 24.9. The van der Waals surface area contributed by atoms with E-state index in [0.717, 1.165) is 5.56 Å². The number of aliphatic carboxylic acids is 1. The molecule has 0 radical (unpaired) electrons. The highest BCUT2D eigenvalue weighted by Crippen LogP contribution is 2.39. The number of likely N-dealkylation sites (tertiary alicyclic amines) is 1. The van der Waals surface area contributed by atoms with Crippen molar-refractivity contribution in [1.29, 1.82) is 0 Å². The quantitative estimate of drug-likeness (QED) is 0.915. The van der Waals surface area contributed by atoms with Crippen molar-refractivity contribution < 1.29 is 19.4 Å². The molecular formula is C15H19NO4. The van der Waals surface area contributed by atoms with Crippen LogP contribution in [-0.2, 0) is 9.59 Å². The topological polar surface area (TPSA) is 66.8 Å². The highest BCUT2D eigenvalue weighted by molar-refractivity contribution is 5.81. The third-order valence-electron chi connectivity index (χ3n) is 3.72. The Morgan fingerprint density at radius 2 is 2.15 bits per heavy atom. The fourth-order valence-electron chi connectivity index (χ4n) is 2.73. The molecule has 5 heteroatoms. The summed E-state index contributed by atoms with van der Waals surface area (Å²) in [6, 6.07) is 6.85. The summed E-state index contributed by atoms with van der Waals surface area (Å²) in [5, 5.41) is 9.42. The molecule has 0 aromatic heterocycles. The van der Waals surface area contributed by atoms with E-state index in [2.05, 4.69) is 0 Å². The molecule has 2 atom stereocenters. The zero-order valence-electron chi connectivity index (χ0n) is 11.7. The molecule has 1 aromatic rings. The monoisotopic (exact) mass is 277 g/mol. The van der Waals surface area contributed by atoms with Crippen molar-refractivity contribution >= 4 is 11.9 Å². The second-order valence-corrected chi connectivity index (χ2v) is 4.90. The molecule has 1 saturated heterocycles. The number of hydrogen-bond acceptors (Lipinski definition) is 3. The zero-order valence-corrected chi connectivity index (χ0v) is 11.7. The van der Waals surface area contributed by atoms with Crippen molar-refractivity contribution in [2.45, 2.75) is 25.8 Å². The molecule has 1 aromatic carbocycles. The summed E-state index contributed by atoms with van der Waals surface area (Å²) >= 11 is 0. The molecule has 0 bridgehead atoms. The second-order valence-electron chi connectivity index (χ2n) is 4.90. The van der Waals surface area contributed by atoms with Crippen LogP contribution in [0.4, 0.5) is 0 Å². The molecule has 0 spiro atoms. The normalized spacial score (nSPS) is 22.7. The number of rotatable bonds is 4. The summed E-state index contributed by atoms with van der Waals surface area (Å²) in [6.07, 6.45) is 0.643. The maximum Gasteiger partial charge on any atom is 0.308 e. The predicted octanol–water partition coefficient (Wildman–Crippen LogP) is 2.08. The molecule has 1 aliphatic rings. The first-order valence-corrected chi connectivity index (χ1v) is 6.76. The molecule has 1 fully saturated rings. The van der Waals surface area contributed by atoms with Crippen molar-refractivity contribution in [3.63, 3.8) is 0 Å². The van der Waals surface area contributed by atoms with Gasteiger partial charge in [-0.05, 0) is 19.4 Å². The minimum atomic E-state index is -0.874. The summed E-state index contributed by atoms with van der Waals surface area (Å²) in [5.41, 5.74) is 0.761. The Morgan fingerprint density at radius 3 is 2.80 bits per heavy atom. The molecule has 2 unspecified atom stereocenters. The van der Waals surface area contributed by atoms with Crippen LogP contribution in [0.15, 0.2) is 24.3 Å². The Labute approximate surface area is 118 Å². The van der Waals surface area contributed by atoms with E-state index in [0.29, 0.717) is 18.8 Å². The van der Waals surface area contributed by atoms with Gasteiger partial charge in [0, 0.05) is 19.0 Å². The highest BCUT2D eigenvalue weighted by atomic mass is 16.5. The molecular weight excluding hydrogens is 258 g/mol. The van der Waals surface area contributed by atoms with Crippen LogP contribution >= 0.6 is 0 Å². The van der Waals surface area contributed by atoms with Crippen LogP contribution in [0.25, 0.3) is 0 Å². The lowest BCUT2D eigenvalue weighted by molar-refractivity contribution is -0.150. The number of benzene rings is 1. The van der Waals surface area contributed by atoms with Gasteiger partial charge in [0.1, 0.15) is 5.75 Å². The Hall–Kier alpha value is -2.04. The Kier molecular flexibility index (Phi) is 4.27. The van der Waals surface area contributed by atoms with Crippen LogP contribution in [0, 0.1) is 5.92 Å². The average Bonchev–Trinajstić information content (AvgIpc) is 2.42. The molecule has 1 N–H and O–H groups in total. The number of carbonyl (C=O) groups is 2. The summed E-state index contributed by atoms with van der Waals surface area (Å²) < 4.78 is 5.57. The van der Waals surface area contributed by atoms with Crippen LogP contribution in [0.1, 0.15) is 31.4 Å². The highest BCUT2D eigenvalue weighted by Gasteiger charge is 2.40. The van der Waals surface area contributed by atoms with Gasteiger partial charge in [-0.25, -0.2) is 0 Å². The first-order chi connectivity index (χ1) is 9.56. The van der Waals surface area contributed by atoms with Crippen LogP contribution in [0.3, 0.4) is 0 Å². The van der Waals surface area contributed by atoms with Crippen molar-refractivity contribution in [3.05, 3.63) is 29.8 Å². The van der Waals surface area contributed by atoms with Gasteiger partial charge in [-0.15, -0.1) is 0 Å². The van der Waals surface area contributed by atoms with Gasteiger partial charge in [0.15, 0.2) is 0 Å². The molecule has 5 nitrogen and oxygen atoms in total. The summed E-state index contributed by atoms with van der Waals surface area (Å²) in [7, 11) is 1.66. The number of hydrogen-bond donors (Lipinski definition) is 1. The van der Waals surface area contributed by atoms with E-state index in [-0.39, 0.29) is 12.3 Å². The molecule has 1 aliphatic heterocycles. The summed E-state index contributed by atoms with van der Waals surface area (Å²) in [6.45, 7) is 2.38. The minimum Gasteiger partial charge on any atom is -0.494 e. The van der Waals surface area contributed by atoms with Crippen molar-refractivity contribution in [2.75, 3.05) is 13.7 Å². The SMILES string of the molecule is CCOc1ccccc1C1C(C(=O)O)CCC(=O)N1C. The van der Waals surface area contributed by atoms with Gasteiger partial charge in [0.25, 0.3) is 0 Å². The molecule has 1 heterocycles. The van der Waals surface area contributed by atoms with E-state index in [1.807, 2.05) is 31.2 Å². The minimum absolute atomic E-state index is 0.0289.